The Balaban J connectivity index is 1.53. The van der Waals surface area contributed by atoms with Gasteiger partial charge in [0.15, 0.2) is 5.13 Å². The Morgan fingerprint density at radius 2 is 1.97 bits per heavy atom. The van der Waals surface area contributed by atoms with Gasteiger partial charge in [0.25, 0.3) is 10.0 Å². The monoisotopic (exact) mass is 547 g/mol. The first-order chi connectivity index (χ1) is 17.9. The Kier molecular flexibility index (Phi) is 7.55. The molecule has 8 nitrogen and oxygen atoms in total. The zero-order chi connectivity index (χ0) is 26.0. The molecule has 1 unspecified atom stereocenters. The molecule has 0 radical (unpaired) electrons. The number of benzene rings is 2. The van der Waals surface area contributed by atoms with Crippen molar-refractivity contribution in [2.75, 3.05) is 38.2 Å². The highest BCUT2D eigenvalue weighted by Crippen LogP contribution is 2.41. The van der Waals surface area contributed by atoms with E-state index in [1.54, 1.807) is 23.6 Å². The Hall–Kier alpha value is -2.89. The Labute approximate surface area is 220 Å². The van der Waals surface area contributed by atoms with Crippen LogP contribution >= 0.6 is 11.3 Å². The van der Waals surface area contributed by atoms with E-state index >= 15 is 4.39 Å². The molecule has 0 spiro atoms. The largest absolute Gasteiger partial charge is 0.497 e. The summed E-state index contributed by atoms with van der Waals surface area (Å²) in [6, 6.07) is 7.82. The molecule has 3 heterocycles. The Bertz CT molecular complexity index is 1340. The highest BCUT2D eigenvalue weighted by atomic mass is 32.2. The molecule has 1 atom stereocenters. The van der Waals surface area contributed by atoms with Gasteiger partial charge in [-0.15, -0.1) is 11.3 Å². The number of rotatable bonds is 8. The van der Waals surface area contributed by atoms with E-state index in [0.717, 1.165) is 48.0 Å². The number of piperidine rings is 1. The molecule has 0 aliphatic carbocycles. The predicted octanol–water partition coefficient (Wildman–Crippen LogP) is 5.00. The fourth-order valence-electron chi connectivity index (χ4n) is 5.03. The van der Waals surface area contributed by atoms with Gasteiger partial charge in [0.2, 0.25) is 0 Å². The molecule has 1 fully saturated rings. The van der Waals surface area contributed by atoms with Crippen LogP contribution in [0.15, 0.2) is 46.8 Å². The summed E-state index contributed by atoms with van der Waals surface area (Å²) in [6.07, 6.45) is 5.69. The van der Waals surface area contributed by atoms with Crippen LogP contribution in [0.2, 0.25) is 0 Å². The van der Waals surface area contributed by atoms with Crippen LogP contribution in [0, 0.1) is 5.82 Å². The van der Waals surface area contributed by atoms with Crippen LogP contribution < -0.4 is 18.5 Å². The second-order valence-electron chi connectivity index (χ2n) is 9.07. The maximum atomic E-state index is 15.7. The van der Waals surface area contributed by atoms with Crippen LogP contribution in [0.4, 0.5) is 9.52 Å². The second-order valence-corrected chi connectivity index (χ2v) is 11.8. The lowest BCUT2D eigenvalue weighted by atomic mass is 9.96. The van der Waals surface area contributed by atoms with Gasteiger partial charge in [0.05, 0.1) is 27.4 Å². The second kappa shape index (κ2) is 10.8. The number of nitrogens with zero attached hydrogens (tertiary/aromatic N) is 3. The average molecular weight is 548 g/mol. The zero-order valence-corrected chi connectivity index (χ0v) is 22.5. The van der Waals surface area contributed by atoms with Gasteiger partial charge < -0.3 is 14.2 Å². The number of hydrogen-bond acceptors (Lipinski definition) is 8. The van der Waals surface area contributed by atoms with Crippen molar-refractivity contribution >= 4 is 26.5 Å². The number of thiazole rings is 1. The molecule has 11 heteroatoms. The summed E-state index contributed by atoms with van der Waals surface area (Å²) in [5, 5.41) is 1.90. The molecule has 1 saturated heterocycles. The third-order valence-corrected chi connectivity index (χ3v) is 9.57. The molecule has 0 amide bonds. The van der Waals surface area contributed by atoms with Crippen LogP contribution in [0.3, 0.4) is 0 Å². The summed E-state index contributed by atoms with van der Waals surface area (Å²) < 4.78 is 61.3. The Morgan fingerprint density at radius 3 is 2.68 bits per heavy atom. The molecule has 3 aromatic rings. The van der Waals surface area contributed by atoms with Crippen molar-refractivity contribution in [2.24, 2.45) is 0 Å². The molecule has 37 heavy (non-hydrogen) atoms. The predicted molar refractivity (Wildman–Crippen MR) is 140 cm³/mol. The van der Waals surface area contributed by atoms with E-state index in [2.05, 4.69) is 9.88 Å². The molecule has 0 bridgehead atoms. The molecule has 2 aromatic carbocycles. The lowest BCUT2D eigenvalue weighted by molar-refractivity contribution is 0.118. The van der Waals surface area contributed by atoms with E-state index < -0.39 is 20.7 Å². The number of ether oxygens (including phenoxy) is 3. The van der Waals surface area contributed by atoms with E-state index in [9.17, 15) is 8.42 Å². The lowest BCUT2D eigenvalue weighted by Crippen LogP contribution is -2.36. The van der Waals surface area contributed by atoms with Crippen LogP contribution in [-0.2, 0) is 16.6 Å². The zero-order valence-electron chi connectivity index (χ0n) is 20.9. The van der Waals surface area contributed by atoms with Crippen molar-refractivity contribution in [3.05, 3.63) is 58.9 Å². The summed E-state index contributed by atoms with van der Waals surface area (Å²) in [4.78, 5) is 6.14. The van der Waals surface area contributed by atoms with Crippen molar-refractivity contribution in [2.45, 2.75) is 43.2 Å². The van der Waals surface area contributed by atoms with Crippen molar-refractivity contribution < 1.29 is 27.0 Å². The normalized spacial score (nSPS) is 18.1. The highest BCUT2D eigenvalue weighted by molar-refractivity contribution is 7.93. The highest BCUT2D eigenvalue weighted by Gasteiger charge is 2.35. The number of methoxy groups -OCH3 is 2. The summed E-state index contributed by atoms with van der Waals surface area (Å²) in [7, 11) is -1.30. The summed E-state index contributed by atoms with van der Waals surface area (Å²) >= 11 is 1.16. The fraction of sp³-hybridized carbons (Fsp3) is 0.423. The first kappa shape index (κ1) is 25.7. The van der Waals surface area contributed by atoms with E-state index in [1.807, 2.05) is 0 Å². The maximum Gasteiger partial charge on any atom is 0.269 e. The fourth-order valence-corrected chi connectivity index (χ4v) is 7.36. The molecule has 198 valence electrons. The minimum absolute atomic E-state index is 0.0222. The van der Waals surface area contributed by atoms with Crippen LogP contribution in [-0.4, -0.2) is 52.2 Å². The van der Waals surface area contributed by atoms with E-state index in [-0.39, 0.29) is 17.7 Å². The Morgan fingerprint density at radius 1 is 1.16 bits per heavy atom. The number of hydrogen-bond donors (Lipinski definition) is 0. The van der Waals surface area contributed by atoms with Crippen molar-refractivity contribution in [3.8, 4) is 17.2 Å². The van der Waals surface area contributed by atoms with Gasteiger partial charge in [0, 0.05) is 47.3 Å². The molecule has 5 rings (SSSR count). The van der Waals surface area contributed by atoms with E-state index in [4.69, 9.17) is 14.2 Å². The van der Waals surface area contributed by atoms with Crippen molar-refractivity contribution in [1.29, 1.82) is 0 Å². The topological polar surface area (TPSA) is 81.2 Å². The first-order valence-electron chi connectivity index (χ1n) is 12.3. The molecule has 2 aliphatic rings. The van der Waals surface area contributed by atoms with E-state index in [1.165, 1.54) is 39.0 Å². The minimum Gasteiger partial charge on any atom is -0.497 e. The minimum atomic E-state index is -4.34. The number of anilines is 1. The van der Waals surface area contributed by atoms with Crippen molar-refractivity contribution in [1.82, 2.24) is 9.88 Å². The molecule has 0 saturated carbocycles. The number of fused-ring (bicyclic) bond motifs is 1. The molecule has 0 N–H and O–H groups in total. The van der Waals surface area contributed by atoms with Gasteiger partial charge in [-0.1, -0.05) is 6.42 Å². The van der Waals surface area contributed by atoms with E-state index in [0.29, 0.717) is 35.0 Å². The van der Waals surface area contributed by atoms with Crippen LogP contribution in [0.25, 0.3) is 0 Å². The number of sulfonamides is 1. The average Bonchev–Trinajstić information content (AvgIpc) is 3.46. The summed E-state index contributed by atoms with van der Waals surface area (Å²) in [6.45, 7) is 2.26. The number of aromatic nitrogens is 1. The maximum absolute atomic E-state index is 15.7. The van der Waals surface area contributed by atoms with Gasteiger partial charge in [-0.25, -0.2) is 22.1 Å². The lowest BCUT2D eigenvalue weighted by Gasteiger charge is -2.38. The third kappa shape index (κ3) is 5.12. The number of halogens is 1. The number of likely N-dealkylation sites (tertiary alicyclic amines) is 1. The summed E-state index contributed by atoms with van der Waals surface area (Å²) in [5.41, 5.74) is 1.30. The van der Waals surface area contributed by atoms with Crippen LogP contribution in [0.5, 0.6) is 17.2 Å². The first-order valence-corrected chi connectivity index (χ1v) is 14.6. The van der Waals surface area contributed by atoms with Gasteiger partial charge in [0.1, 0.15) is 28.0 Å². The quantitative estimate of drug-likeness (QED) is 0.392. The van der Waals surface area contributed by atoms with Crippen LogP contribution in [0.1, 0.15) is 42.9 Å². The van der Waals surface area contributed by atoms with Gasteiger partial charge in [-0.05, 0) is 44.1 Å². The smallest absolute Gasteiger partial charge is 0.269 e. The molecular weight excluding hydrogens is 517 g/mol. The van der Waals surface area contributed by atoms with Gasteiger partial charge in [-0.3, -0.25) is 4.90 Å². The SMILES string of the molecule is COc1ccc(CN(c2nccs2)S(=O)(=O)c2cc3c(cc2F)C(N2CCCCC2)CCO3)c(OC)c1. The third-order valence-electron chi connectivity index (χ3n) is 6.91. The van der Waals surface area contributed by atoms with Crippen molar-refractivity contribution in [3.63, 3.8) is 0 Å². The molecule has 1 aromatic heterocycles. The molecule has 2 aliphatic heterocycles. The van der Waals surface area contributed by atoms with Gasteiger partial charge in [-0.2, -0.15) is 0 Å². The summed E-state index contributed by atoms with van der Waals surface area (Å²) in [5.74, 6) is 0.651. The standard InChI is InChI=1S/C26H30FN3O5S2/c1-33-19-7-6-18(23(14-19)34-2)17-30(26-28-9-13-36-26)37(31,32)25-16-24-20(15-21(25)27)22(8-12-35-24)29-10-4-3-5-11-29/h6-7,9,13-16,22H,3-5,8,10-12,17H2,1-2H3. The van der Waals surface area contributed by atoms with Gasteiger partial charge >= 0.3 is 0 Å². The molecular formula is C26H30FN3O5S2.